The van der Waals surface area contributed by atoms with Crippen molar-refractivity contribution in [2.45, 2.75) is 50.0 Å². The molecule has 2 aromatic rings. The Labute approximate surface area is 159 Å². The fraction of sp³-hybridized carbons (Fsp3) is 0.381. The maximum absolute atomic E-state index is 12.4. The Balaban J connectivity index is 1.59. The number of hydrogen-bond donors (Lipinski definition) is 1. The van der Waals surface area contributed by atoms with E-state index in [1.165, 1.54) is 54.1 Å². The lowest BCUT2D eigenvalue weighted by atomic mass is 9.89. The van der Waals surface area contributed by atoms with Gasteiger partial charge in [0.15, 0.2) is 0 Å². The third kappa shape index (κ3) is 5.02. The molecule has 2 aromatic carbocycles. The molecule has 0 heterocycles. The van der Waals surface area contributed by atoms with Gasteiger partial charge in [0, 0.05) is 9.92 Å². The van der Waals surface area contributed by atoms with E-state index >= 15 is 0 Å². The number of halogens is 1. The van der Waals surface area contributed by atoms with E-state index in [2.05, 4.69) is 30.4 Å². The first kappa shape index (κ1) is 18.3. The van der Waals surface area contributed by atoms with Gasteiger partial charge in [0.1, 0.15) is 0 Å². The molecule has 3 rings (SSSR count). The van der Waals surface area contributed by atoms with Gasteiger partial charge in [0.2, 0.25) is 5.91 Å². The van der Waals surface area contributed by atoms with Gasteiger partial charge < -0.3 is 5.32 Å². The number of carbonyl (C=O) groups excluding carboxylic acids is 1. The average molecular weight is 374 g/mol. The molecule has 1 aliphatic carbocycles. The van der Waals surface area contributed by atoms with Crippen LogP contribution in [0, 0.1) is 0 Å². The zero-order valence-corrected chi connectivity index (χ0v) is 16.1. The molecule has 0 saturated heterocycles. The fourth-order valence-corrected chi connectivity index (χ4v) is 4.14. The van der Waals surface area contributed by atoms with Crippen LogP contribution >= 0.6 is 23.4 Å². The Morgan fingerprint density at radius 2 is 1.84 bits per heavy atom. The van der Waals surface area contributed by atoms with E-state index in [9.17, 15) is 4.79 Å². The minimum atomic E-state index is 0.0736. The lowest BCUT2D eigenvalue weighted by Gasteiger charge is -2.21. The van der Waals surface area contributed by atoms with Gasteiger partial charge in [-0.2, -0.15) is 0 Å². The summed E-state index contributed by atoms with van der Waals surface area (Å²) in [5, 5.41) is 3.90. The monoisotopic (exact) mass is 373 g/mol. The number of carbonyl (C=O) groups is 1. The SMILES string of the molecule is CC[C@H](NC(=O)CSc1ccc(Cl)cc1)c1ccc2c(c1)CCCC2. The molecule has 25 heavy (non-hydrogen) atoms. The largest absolute Gasteiger partial charge is 0.349 e. The molecule has 2 nitrogen and oxygen atoms in total. The van der Waals surface area contributed by atoms with E-state index in [1.807, 2.05) is 24.3 Å². The first-order chi connectivity index (χ1) is 12.2. The number of hydrogen-bond acceptors (Lipinski definition) is 2. The molecule has 0 aromatic heterocycles. The first-order valence-electron chi connectivity index (χ1n) is 8.95. The van der Waals surface area contributed by atoms with Gasteiger partial charge >= 0.3 is 0 Å². The van der Waals surface area contributed by atoms with Crippen LogP contribution in [0.15, 0.2) is 47.4 Å². The second kappa shape index (κ2) is 8.77. The van der Waals surface area contributed by atoms with Gasteiger partial charge in [-0.1, -0.05) is 36.7 Å². The smallest absolute Gasteiger partial charge is 0.230 e. The minimum Gasteiger partial charge on any atom is -0.349 e. The second-order valence-corrected chi connectivity index (χ2v) is 7.99. The highest BCUT2D eigenvalue weighted by Crippen LogP contribution is 2.26. The van der Waals surface area contributed by atoms with Crippen molar-refractivity contribution >= 4 is 29.3 Å². The van der Waals surface area contributed by atoms with E-state index in [-0.39, 0.29) is 11.9 Å². The van der Waals surface area contributed by atoms with Crippen molar-refractivity contribution in [2.75, 3.05) is 5.75 Å². The molecule has 1 amide bonds. The van der Waals surface area contributed by atoms with E-state index in [1.54, 1.807) is 0 Å². The molecule has 0 unspecified atom stereocenters. The summed E-state index contributed by atoms with van der Waals surface area (Å²) < 4.78 is 0. The van der Waals surface area contributed by atoms with Crippen LogP contribution in [0.1, 0.15) is 48.9 Å². The summed E-state index contributed by atoms with van der Waals surface area (Å²) in [4.78, 5) is 13.4. The van der Waals surface area contributed by atoms with Crippen LogP contribution in [0.2, 0.25) is 5.02 Å². The molecular formula is C21H24ClNOS. The van der Waals surface area contributed by atoms with Crippen LogP contribution in [0.3, 0.4) is 0 Å². The molecule has 0 saturated carbocycles. The Morgan fingerprint density at radius 3 is 2.56 bits per heavy atom. The predicted molar refractivity (Wildman–Crippen MR) is 106 cm³/mol. The summed E-state index contributed by atoms with van der Waals surface area (Å²) in [7, 11) is 0. The summed E-state index contributed by atoms with van der Waals surface area (Å²) in [5.41, 5.74) is 4.18. The summed E-state index contributed by atoms with van der Waals surface area (Å²) in [5.74, 6) is 0.493. The lowest BCUT2D eigenvalue weighted by molar-refractivity contribution is -0.119. The van der Waals surface area contributed by atoms with Gasteiger partial charge in [-0.25, -0.2) is 0 Å². The zero-order chi connectivity index (χ0) is 17.6. The summed E-state index contributed by atoms with van der Waals surface area (Å²) in [6.07, 6.45) is 5.83. The Morgan fingerprint density at radius 1 is 1.12 bits per heavy atom. The highest BCUT2D eigenvalue weighted by atomic mass is 35.5. The van der Waals surface area contributed by atoms with E-state index in [0.29, 0.717) is 10.8 Å². The van der Waals surface area contributed by atoms with Gasteiger partial charge in [-0.15, -0.1) is 11.8 Å². The number of amides is 1. The Hall–Kier alpha value is -1.45. The number of benzene rings is 2. The van der Waals surface area contributed by atoms with Crippen molar-refractivity contribution < 1.29 is 4.79 Å². The van der Waals surface area contributed by atoms with Crippen LogP contribution in [0.5, 0.6) is 0 Å². The third-order valence-electron chi connectivity index (χ3n) is 4.70. The van der Waals surface area contributed by atoms with Crippen molar-refractivity contribution in [2.24, 2.45) is 0 Å². The van der Waals surface area contributed by atoms with Gasteiger partial charge in [0.05, 0.1) is 11.8 Å². The van der Waals surface area contributed by atoms with E-state index < -0.39 is 0 Å². The number of nitrogens with one attached hydrogen (secondary N) is 1. The van der Waals surface area contributed by atoms with E-state index in [0.717, 1.165) is 11.3 Å². The molecule has 4 heteroatoms. The molecule has 1 N–H and O–H groups in total. The standard InChI is InChI=1S/C21H24ClNOS/c1-2-20(17-8-7-15-5-3-4-6-16(15)13-17)23-21(24)14-25-19-11-9-18(22)10-12-19/h7-13,20H,2-6,14H2,1H3,(H,23,24)/t20-/m0/s1. The van der Waals surface area contributed by atoms with Gasteiger partial charge in [0.25, 0.3) is 0 Å². The molecule has 0 fully saturated rings. The molecule has 0 bridgehead atoms. The number of thioether (sulfide) groups is 1. The van der Waals surface area contributed by atoms with E-state index in [4.69, 9.17) is 11.6 Å². The van der Waals surface area contributed by atoms with Crippen LogP contribution in [-0.2, 0) is 17.6 Å². The normalized spacial score (nSPS) is 14.6. The molecule has 1 atom stereocenters. The zero-order valence-electron chi connectivity index (χ0n) is 14.6. The fourth-order valence-electron chi connectivity index (χ4n) is 3.31. The highest BCUT2D eigenvalue weighted by Gasteiger charge is 2.16. The van der Waals surface area contributed by atoms with Crippen molar-refractivity contribution in [3.63, 3.8) is 0 Å². The lowest BCUT2D eigenvalue weighted by Crippen LogP contribution is -2.29. The maximum atomic E-state index is 12.4. The first-order valence-corrected chi connectivity index (χ1v) is 10.3. The van der Waals surface area contributed by atoms with Gasteiger partial charge in [-0.05, 0) is 73.1 Å². The van der Waals surface area contributed by atoms with Crippen LogP contribution in [0.25, 0.3) is 0 Å². The molecular weight excluding hydrogens is 350 g/mol. The molecule has 0 spiro atoms. The number of fused-ring (bicyclic) bond motifs is 1. The number of rotatable bonds is 6. The van der Waals surface area contributed by atoms with Crippen LogP contribution in [-0.4, -0.2) is 11.7 Å². The average Bonchev–Trinajstić information content (AvgIpc) is 2.65. The van der Waals surface area contributed by atoms with Crippen LogP contribution in [0.4, 0.5) is 0 Å². The quantitative estimate of drug-likeness (QED) is 0.670. The topological polar surface area (TPSA) is 29.1 Å². The van der Waals surface area contributed by atoms with Crippen molar-refractivity contribution in [1.82, 2.24) is 5.32 Å². The summed E-state index contributed by atoms with van der Waals surface area (Å²) >= 11 is 7.43. The maximum Gasteiger partial charge on any atom is 0.230 e. The predicted octanol–water partition coefficient (Wildman–Crippen LogP) is 5.58. The van der Waals surface area contributed by atoms with Crippen molar-refractivity contribution in [1.29, 1.82) is 0 Å². The van der Waals surface area contributed by atoms with Crippen molar-refractivity contribution in [3.05, 3.63) is 64.2 Å². The van der Waals surface area contributed by atoms with Crippen molar-refractivity contribution in [3.8, 4) is 0 Å². The Bertz CT molecular complexity index is 729. The van der Waals surface area contributed by atoms with Crippen LogP contribution < -0.4 is 5.32 Å². The van der Waals surface area contributed by atoms with Gasteiger partial charge in [-0.3, -0.25) is 4.79 Å². The number of aryl methyl sites for hydroxylation is 2. The molecule has 0 radical (unpaired) electrons. The molecule has 1 aliphatic rings. The molecule has 132 valence electrons. The second-order valence-electron chi connectivity index (χ2n) is 6.51. The Kier molecular flexibility index (Phi) is 6.44. The highest BCUT2D eigenvalue weighted by molar-refractivity contribution is 8.00. The minimum absolute atomic E-state index is 0.0736. The summed E-state index contributed by atoms with van der Waals surface area (Å²) in [6.45, 7) is 2.12. The molecule has 0 aliphatic heterocycles. The summed E-state index contributed by atoms with van der Waals surface area (Å²) in [6, 6.07) is 14.4. The third-order valence-corrected chi connectivity index (χ3v) is 5.97.